The molecule has 0 aliphatic heterocycles. The van der Waals surface area contributed by atoms with Crippen molar-refractivity contribution in [1.29, 1.82) is 0 Å². The molecule has 0 aromatic heterocycles. The second-order valence-electron chi connectivity index (χ2n) is 4.32. The molecule has 0 heterocycles. The summed E-state index contributed by atoms with van der Waals surface area (Å²) in [4.78, 5) is 0. The van der Waals surface area contributed by atoms with Crippen LogP contribution < -0.4 is 10.8 Å². The van der Waals surface area contributed by atoms with Crippen molar-refractivity contribution in [3.05, 3.63) is 60.2 Å². The molecule has 0 saturated heterocycles. The fourth-order valence-electron chi connectivity index (χ4n) is 1.75. The lowest BCUT2D eigenvalue weighted by Gasteiger charge is -2.07. The standard InChI is InChI=1S/C15H18BNO2/c18-12-13-6-8-14(9-7-13)16-19-11-10-17-15-4-2-1-3-5-15/h1-9,16-18H,10-12H2. The SMILES string of the molecule is OCc1ccc(BOCCNc2ccccc2)cc1. The van der Waals surface area contributed by atoms with Crippen molar-refractivity contribution < 1.29 is 9.76 Å². The van der Waals surface area contributed by atoms with Crippen molar-refractivity contribution in [2.24, 2.45) is 0 Å². The van der Waals surface area contributed by atoms with Gasteiger partial charge in [-0.1, -0.05) is 47.9 Å². The topological polar surface area (TPSA) is 41.5 Å². The summed E-state index contributed by atoms with van der Waals surface area (Å²) < 4.78 is 5.59. The molecule has 0 atom stereocenters. The van der Waals surface area contributed by atoms with Crippen molar-refractivity contribution in [3.8, 4) is 0 Å². The zero-order valence-corrected chi connectivity index (χ0v) is 10.9. The van der Waals surface area contributed by atoms with Crippen molar-refractivity contribution in [1.82, 2.24) is 0 Å². The molecule has 3 nitrogen and oxygen atoms in total. The molecular weight excluding hydrogens is 237 g/mol. The largest absolute Gasteiger partial charge is 0.433 e. The molecule has 98 valence electrons. The number of hydrogen-bond donors (Lipinski definition) is 2. The first-order chi connectivity index (χ1) is 9.38. The molecule has 2 aromatic rings. The molecule has 2 rings (SSSR count). The summed E-state index contributed by atoms with van der Waals surface area (Å²) in [6.07, 6.45) is 0. The van der Waals surface area contributed by atoms with Crippen LogP contribution in [0.3, 0.4) is 0 Å². The average Bonchev–Trinajstić information content (AvgIpc) is 2.49. The number of hydrogen-bond acceptors (Lipinski definition) is 3. The molecule has 19 heavy (non-hydrogen) atoms. The molecule has 2 aromatic carbocycles. The van der Waals surface area contributed by atoms with E-state index in [1.165, 1.54) is 0 Å². The van der Waals surface area contributed by atoms with Gasteiger partial charge < -0.3 is 15.1 Å². The van der Waals surface area contributed by atoms with Crippen LogP contribution in [0, 0.1) is 0 Å². The maximum atomic E-state index is 8.94. The highest BCUT2D eigenvalue weighted by Crippen LogP contribution is 2.03. The Morgan fingerprint density at radius 1 is 1.00 bits per heavy atom. The predicted octanol–water partition coefficient (Wildman–Crippen LogP) is 1.28. The highest BCUT2D eigenvalue weighted by Gasteiger charge is 1.97. The minimum atomic E-state index is 0.0854. The summed E-state index contributed by atoms with van der Waals surface area (Å²) in [5.74, 6) is 0. The Hall–Kier alpha value is -1.78. The molecule has 0 amide bonds. The first kappa shape index (κ1) is 13.7. The second kappa shape index (κ2) is 7.61. The zero-order valence-electron chi connectivity index (χ0n) is 10.9. The minimum Gasteiger partial charge on any atom is -0.433 e. The van der Waals surface area contributed by atoms with Gasteiger partial charge in [0, 0.05) is 18.8 Å². The van der Waals surface area contributed by atoms with Gasteiger partial charge in [-0.2, -0.15) is 0 Å². The molecule has 0 fully saturated rings. The lowest BCUT2D eigenvalue weighted by molar-refractivity contribution is 0.282. The van der Waals surface area contributed by atoms with Gasteiger partial charge in [0.1, 0.15) is 0 Å². The van der Waals surface area contributed by atoms with E-state index in [0.717, 1.165) is 23.3 Å². The minimum absolute atomic E-state index is 0.0854. The molecule has 0 radical (unpaired) electrons. The van der Waals surface area contributed by atoms with Crippen LogP contribution in [0.2, 0.25) is 0 Å². The average molecular weight is 255 g/mol. The van der Waals surface area contributed by atoms with Gasteiger partial charge >= 0.3 is 7.48 Å². The molecule has 4 heteroatoms. The number of rotatable bonds is 7. The summed E-state index contributed by atoms with van der Waals surface area (Å²) >= 11 is 0. The zero-order chi connectivity index (χ0) is 13.3. The van der Waals surface area contributed by atoms with Gasteiger partial charge in [-0.15, -0.1) is 0 Å². The number of benzene rings is 2. The smallest absolute Gasteiger partial charge is 0.308 e. The van der Waals surface area contributed by atoms with E-state index < -0.39 is 0 Å². The number of aliphatic hydroxyl groups excluding tert-OH is 1. The Bertz CT molecular complexity index is 473. The van der Waals surface area contributed by atoms with E-state index >= 15 is 0 Å². The summed E-state index contributed by atoms with van der Waals surface area (Å²) in [5, 5.41) is 12.2. The van der Waals surface area contributed by atoms with E-state index in [1.807, 2.05) is 54.6 Å². The molecule has 0 aliphatic rings. The van der Waals surface area contributed by atoms with Crippen LogP contribution >= 0.6 is 0 Å². The van der Waals surface area contributed by atoms with Crippen LogP contribution in [-0.2, 0) is 11.3 Å². The molecule has 0 aliphatic carbocycles. The summed E-state index contributed by atoms with van der Waals surface area (Å²) in [6.45, 7) is 1.54. The Balaban J connectivity index is 1.63. The van der Waals surface area contributed by atoms with E-state index in [2.05, 4.69) is 5.32 Å². The third-order valence-electron chi connectivity index (χ3n) is 2.82. The Morgan fingerprint density at radius 2 is 1.74 bits per heavy atom. The predicted molar refractivity (Wildman–Crippen MR) is 80.0 cm³/mol. The number of nitrogens with one attached hydrogen (secondary N) is 1. The van der Waals surface area contributed by atoms with Crippen LogP contribution in [0.1, 0.15) is 5.56 Å². The molecule has 0 unspecified atom stereocenters. The second-order valence-corrected chi connectivity index (χ2v) is 4.32. The van der Waals surface area contributed by atoms with Gasteiger partial charge in [0.2, 0.25) is 0 Å². The van der Waals surface area contributed by atoms with E-state index in [4.69, 9.17) is 9.76 Å². The molecular formula is C15H18BNO2. The lowest BCUT2D eigenvalue weighted by Crippen LogP contribution is -2.20. The summed E-state index contributed by atoms with van der Waals surface area (Å²) in [5.41, 5.74) is 3.16. The van der Waals surface area contributed by atoms with Gasteiger partial charge in [0.25, 0.3) is 0 Å². The van der Waals surface area contributed by atoms with Crippen LogP contribution in [0.15, 0.2) is 54.6 Å². The van der Waals surface area contributed by atoms with Crippen LogP contribution in [0.5, 0.6) is 0 Å². The summed E-state index contributed by atoms with van der Waals surface area (Å²) in [6, 6.07) is 17.9. The molecule has 2 N–H and O–H groups in total. The Morgan fingerprint density at radius 3 is 2.42 bits per heavy atom. The van der Waals surface area contributed by atoms with Crippen LogP contribution in [0.4, 0.5) is 5.69 Å². The first-order valence-electron chi connectivity index (χ1n) is 6.44. The fourth-order valence-corrected chi connectivity index (χ4v) is 1.75. The number of anilines is 1. The highest BCUT2D eigenvalue weighted by molar-refractivity contribution is 6.46. The van der Waals surface area contributed by atoms with Crippen molar-refractivity contribution >= 4 is 18.6 Å². The molecule has 0 spiro atoms. The van der Waals surface area contributed by atoms with Gasteiger partial charge in [0.05, 0.1) is 6.61 Å². The Labute approximate surface area is 114 Å². The Kier molecular flexibility index (Phi) is 5.47. The maximum Gasteiger partial charge on any atom is 0.308 e. The van der Waals surface area contributed by atoms with Gasteiger partial charge in [0.15, 0.2) is 0 Å². The number of aliphatic hydroxyl groups is 1. The van der Waals surface area contributed by atoms with Gasteiger partial charge in [-0.3, -0.25) is 0 Å². The van der Waals surface area contributed by atoms with E-state index in [1.54, 1.807) is 0 Å². The third kappa shape index (κ3) is 4.77. The maximum absolute atomic E-state index is 8.94. The van der Waals surface area contributed by atoms with Gasteiger partial charge in [-0.05, 0) is 17.7 Å². The first-order valence-corrected chi connectivity index (χ1v) is 6.44. The highest BCUT2D eigenvalue weighted by atomic mass is 16.4. The van der Waals surface area contributed by atoms with Gasteiger partial charge in [-0.25, -0.2) is 0 Å². The molecule has 0 bridgehead atoms. The van der Waals surface area contributed by atoms with Crippen molar-refractivity contribution in [2.75, 3.05) is 18.5 Å². The van der Waals surface area contributed by atoms with Crippen LogP contribution in [-0.4, -0.2) is 25.7 Å². The number of para-hydroxylation sites is 1. The van der Waals surface area contributed by atoms with E-state index in [9.17, 15) is 0 Å². The third-order valence-corrected chi connectivity index (χ3v) is 2.82. The quantitative estimate of drug-likeness (QED) is 0.578. The van der Waals surface area contributed by atoms with Crippen LogP contribution in [0.25, 0.3) is 0 Å². The lowest BCUT2D eigenvalue weighted by atomic mass is 9.87. The fraction of sp³-hybridized carbons (Fsp3) is 0.200. The van der Waals surface area contributed by atoms with Crippen molar-refractivity contribution in [3.63, 3.8) is 0 Å². The molecule has 0 saturated carbocycles. The monoisotopic (exact) mass is 255 g/mol. The van der Waals surface area contributed by atoms with Crippen molar-refractivity contribution in [2.45, 2.75) is 6.61 Å². The normalized spacial score (nSPS) is 10.2. The summed E-state index contributed by atoms with van der Waals surface area (Å²) in [7, 11) is 0.599. The van der Waals surface area contributed by atoms with E-state index in [0.29, 0.717) is 14.1 Å². The van der Waals surface area contributed by atoms with E-state index in [-0.39, 0.29) is 6.61 Å².